The number of aromatic nitrogens is 1. The van der Waals surface area contributed by atoms with Crippen molar-refractivity contribution in [1.29, 1.82) is 0 Å². The maximum Gasteiger partial charge on any atom is 0.324 e. The molecule has 1 saturated heterocycles. The quantitative estimate of drug-likeness (QED) is 0.795. The van der Waals surface area contributed by atoms with Crippen molar-refractivity contribution in [2.24, 2.45) is 0 Å². The van der Waals surface area contributed by atoms with Crippen LogP contribution in [0.15, 0.2) is 54.9 Å². The number of rotatable bonds is 6. The fourth-order valence-corrected chi connectivity index (χ4v) is 4.15. The number of pyridine rings is 1. The highest BCUT2D eigenvalue weighted by molar-refractivity contribution is 7.90. The van der Waals surface area contributed by atoms with Gasteiger partial charge in [0.05, 0.1) is 11.9 Å². The van der Waals surface area contributed by atoms with Crippen molar-refractivity contribution >= 4 is 21.9 Å². The van der Waals surface area contributed by atoms with Gasteiger partial charge in [-0.25, -0.2) is 0 Å². The SMILES string of the molecule is O=C(OCc1ccccc1)[C@@H]1CCCN1S(=O)(=O)Nc1cccnc1. The Morgan fingerprint density at radius 2 is 2.04 bits per heavy atom. The molecule has 1 fully saturated rings. The Labute approximate surface area is 146 Å². The monoisotopic (exact) mass is 361 g/mol. The van der Waals surface area contributed by atoms with Gasteiger partial charge in [0.2, 0.25) is 0 Å². The number of nitrogens with zero attached hydrogens (tertiary/aromatic N) is 2. The van der Waals surface area contributed by atoms with Crippen LogP contribution in [-0.2, 0) is 26.3 Å². The number of carbonyl (C=O) groups excluding carboxylic acids is 1. The molecule has 0 unspecified atom stereocenters. The molecule has 1 aliphatic rings. The summed E-state index contributed by atoms with van der Waals surface area (Å²) in [5, 5.41) is 0. The van der Waals surface area contributed by atoms with Gasteiger partial charge in [-0.15, -0.1) is 0 Å². The van der Waals surface area contributed by atoms with Crippen molar-refractivity contribution in [2.45, 2.75) is 25.5 Å². The molecule has 1 atom stereocenters. The number of hydrogen-bond donors (Lipinski definition) is 1. The van der Waals surface area contributed by atoms with Crippen LogP contribution in [0, 0.1) is 0 Å². The minimum absolute atomic E-state index is 0.125. The third-order valence-corrected chi connectivity index (χ3v) is 5.46. The Morgan fingerprint density at radius 3 is 2.76 bits per heavy atom. The number of carbonyl (C=O) groups is 1. The molecule has 0 amide bonds. The summed E-state index contributed by atoms with van der Waals surface area (Å²) in [5.41, 5.74) is 1.21. The Bertz CT molecular complexity index is 812. The minimum Gasteiger partial charge on any atom is -0.460 e. The number of hydrogen-bond acceptors (Lipinski definition) is 5. The summed E-state index contributed by atoms with van der Waals surface area (Å²) >= 11 is 0. The average molecular weight is 361 g/mol. The second-order valence-corrected chi connectivity index (χ2v) is 7.33. The number of benzene rings is 1. The molecule has 1 aromatic heterocycles. The van der Waals surface area contributed by atoms with E-state index >= 15 is 0 Å². The lowest BCUT2D eigenvalue weighted by Gasteiger charge is -2.23. The summed E-state index contributed by atoms with van der Waals surface area (Å²) < 4.78 is 34.1. The van der Waals surface area contributed by atoms with E-state index in [1.807, 2.05) is 30.3 Å². The molecule has 2 heterocycles. The molecule has 1 aliphatic heterocycles. The van der Waals surface area contributed by atoms with Gasteiger partial charge >= 0.3 is 16.2 Å². The van der Waals surface area contributed by atoms with Crippen molar-refractivity contribution in [3.63, 3.8) is 0 Å². The first kappa shape index (κ1) is 17.4. The maximum atomic E-state index is 12.6. The lowest BCUT2D eigenvalue weighted by Crippen LogP contribution is -2.44. The number of esters is 1. The van der Waals surface area contributed by atoms with Gasteiger partial charge in [0, 0.05) is 12.7 Å². The van der Waals surface area contributed by atoms with E-state index in [1.54, 1.807) is 18.3 Å². The smallest absolute Gasteiger partial charge is 0.324 e. The van der Waals surface area contributed by atoms with Gasteiger partial charge in [-0.05, 0) is 30.5 Å². The van der Waals surface area contributed by atoms with E-state index < -0.39 is 22.2 Å². The van der Waals surface area contributed by atoms with E-state index in [0.29, 0.717) is 18.5 Å². The fraction of sp³-hybridized carbons (Fsp3) is 0.294. The van der Waals surface area contributed by atoms with Crippen molar-refractivity contribution < 1.29 is 17.9 Å². The van der Waals surface area contributed by atoms with Crippen LogP contribution in [0.1, 0.15) is 18.4 Å². The van der Waals surface area contributed by atoms with E-state index in [-0.39, 0.29) is 13.2 Å². The molecule has 3 rings (SSSR count). The molecular formula is C17H19N3O4S. The van der Waals surface area contributed by atoms with Gasteiger partial charge in [0.1, 0.15) is 12.6 Å². The molecule has 25 heavy (non-hydrogen) atoms. The molecule has 0 spiro atoms. The first-order valence-corrected chi connectivity index (χ1v) is 9.40. The normalized spacial score (nSPS) is 18.0. The predicted molar refractivity (Wildman–Crippen MR) is 92.7 cm³/mol. The summed E-state index contributed by atoms with van der Waals surface area (Å²) in [6.07, 6.45) is 4.02. The number of nitrogens with one attached hydrogen (secondary N) is 1. The van der Waals surface area contributed by atoms with Crippen LogP contribution >= 0.6 is 0 Å². The van der Waals surface area contributed by atoms with Gasteiger partial charge in [-0.3, -0.25) is 14.5 Å². The van der Waals surface area contributed by atoms with Gasteiger partial charge in [-0.2, -0.15) is 12.7 Å². The Balaban J connectivity index is 1.66. The molecule has 1 N–H and O–H groups in total. The average Bonchev–Trinajstić information content (AvgIpc) is 3.12. The first-order valence-electron chi connectivity index (χ1n) is 7.96. The number of anilines is 1. The van der Waals surface area contributed by atoms with Crippen LogP contribution in [0.25, 0.3) is 0 Å². The second kappa shape index (κ2) is 7.62. The first-order chi connectivity index (χ1) is 12.1. The van der Waals surface area contributed by atoms with Crippen LogP contribution in [-0.4, -0.2) is 36.3 Å². The Hall–Kier alpha value is -2.45. The van der Waals surface area contributed by atoms with Crippen LogP contribution in [0.2, 0.25) is 0 Å². The fourth-order valence-electron chi connectivity index (χ4n) is 2.72. The van der Waals surface area contributed by atoms with Crippen LogP contribution < -0.4 is 4.72 Å². The zero-order valence-electron chi connectivity index (χ0n) is 13.5. The molecule has 0 radical (unpaired) electrons. The van der Waals surface area contributed by atoms with Crippen molar-refractivity contribution in [3.8, 4) is 0 Å². The second-order valence-electron chi connectivity index (χ2n) is 5.71. The van der Waals surface area contributed by atoms with E-state index in [4.69, 9.17) is 4.74 Å². The summed E-state index contributed by atoms with van der Waals surface area (Å²) in [4.78, 5) is 16.2. The topological polar surface area (TPSA) is 88.6 Å². The highest BCUT2D eigenvalue weighted by Crippen LogP contribution is 2.23. The Kier molecular flexibility index (Phi) is 5.30. The lowest BCUT2D eigenvalue weighted by atomic mass is 10.2. The largest absolute Gasteiger partial charge is 0.460 e. The molecule has 0 aliphatic carbocycles. The molecule has 0 bridgehead atoms. The molecule has 2 aromatic rings. The predicted octanol–water partition coefficient (Wildman–Crippen LogP) is 1.95. The van der Waals surface area contributed by atoms with Crippen LogP contribution in [0.4, 0.5) is 5.69 Å². The summed E-state index contributed by atoms with van der Waals surface area (Å²) in [6, 6.07) is 11.7. The molecular weight excluding hydrogens is 342 g/mol. The molecule has 1 aromatic carbocycles. The van der Waals surface area contributed by atoms with Crippen LogP contribution in [0.5, 0.6) is 0 Å². The van der Waals surface area contributed by atoms with Crippen LogP contribution in [0.3, 0.4) is 0 Å². The molecule has 0 saturated carbocycles. The summed E-state index contributed by atoms with van der Waals surface area (Å²) in [7, 11) is -3.85. The van der Waals surface area contributed by atoms with Gasteiger partial charge in [-0.1, -0.05) is 30.3 Å². The van der Waals surface area contributed by atoms with E-state index in [2.05, 4.69) is 9.71 Å². The van der Waals surface area contributed by atoms with Gasteiger partial charge < -0.3 is 4.74 Å². The lowest BCUT2D eigenvalue weighted by molar-refractivity contribution is -0.148. The van der Waals surface area contributed by atoms with E-state index in [9.17, 15) is 13.2 Å². The van der Waals surface area contributed by atoms with Crippen molar-refractivity contribution in [3.05, 3.63) is 60.4 Å². The highest BCUT2D eigenvalue weighted by Gasteiger charge is 2.39. The maximum absolute atomic E-state index is 12.6. The van der Waals surface area contributed by atoms with E-state index in [0.717, 1.165) is 9.87 Å². The Morgan fingerprint density at radius 1 is 1.24 bits per heavy atom. The number of ether oxygens (including phenoxy) is 1. The van der Waals surface area contributed by atoms with Gasteiger partial charge in [0.15, 0.2) is 0 Å². The minimum atomic E-state index is -3.85. The molecule has 7 nitrogen and oxygen atoms in total. The van der Waals surface area contributed by atoms with Crippen molar-refractivity contribution in [1.82, 2.24) is 9.29 Å². The standard InChI is InChI=1S/C17H19N3O4S/c21-17(24-13-14-6-2-1-3-7-14)16-9-5-11-20(16)25(22,23)19-15-8-4-10-18-12-15/h1-4,6-8,10,12,16,19H,5,9,11,13H2/t16-/m0/s1. The summed E-state index contributed by atoms with van der Waals surface area (Å²) in [5.74, 6) is -0.530. The molecule has 8 heteroatoms. The molecule has 132 valence electrons. The zero-order chi connectivity index (χ0) is 17.7. The van der Waals surface area contributed by atoms with Crippen molar-refractivity contribution in [2.75, 3.05) is 11.3 Å². The zero-order valence-corrected chi connectivity index (χ0v) is 14.4. The third-order valence-electron chi connectivity index (χ3n) is 3.92. The van der Waals surface area contributed by atoms with Gasteiger partial charge in [0.25, 0.3) is 0 Å². The van der Waals surface area contributed by atoms with E-state index in [1.165, 1.54) is 6.20 Å². The summed E-state index contributed by atoms with van der Waals surface area (Å²) in [6.45, 7) is 0.404. The third kappa shape index (κ3) is 4.34. The highest BCUT2D eigenvalue weighted by atomic mass is 32.2.